The molecule has 1 saturated heterocycles. The number of likely N-dealkylation sites (N-methyl/N-ethyl adjacent to an activating group) is 1. The zero-order chi connectivity index (χ0) is 22.5. The van der Waals surface area contributed by atoms with Gasteiger partial charge in [-0.2, -0.15) is 0 Å². The third-order valence-electron chi connectivity index (χ3n) is 5.80. The van der Waals surface area contributed by atoms with E-state index < -0.39 is 17.7 Å². The number of amides is 1. The fourth-order valence-electron chi connectivity index (χ4n) is 3.97. The Morgan fingerprint density at radius 3 is 2.42 bits per heavy atom. The lowest BCUT2D eigenvalue weighted by molar-refractivity contribution is -0.140. The lowest BCUT2D eigenvalue weighted by Crippen LogP contribution is -2.38. The van der Waals surface area contributed by atoms with Gasteiger partial charge in [-0.25, -0.2) is 0 Å². The number of ether oxygens (including phenoxy) is 1. The van der Waals surface area contributed by atoms with Gasteiger partial charge in [-0.1, -0.05) is 13.8 Å². The number of nitrogens with zero attached hydrogens (tertiary/aromatic N) is 3. The quantitative estimate of drug-likeness (QED) is 0.399. The first-order valence-corrected chi connectivity index (χ1v) is 10.5. The van der Waals surface area contributed by atoms with E-state index in [1.807, 2.05) is 6.92 Å². The van der Waals surface area contributed by atoms with Crippen LogP contribution < -0.4 is 4.74 Å². The van der Waals surface area contributed by atoms with Crippen LogP contribution in [0.2, 0.25) is 0 Å². The number of aliphatic hydroxyl groups is 1. The number of hydrogen-bond donors (Lipinski definition) is 1. The van der Waals surface area contributed by atoms with E-state index in [0.29, 0.717) is 24.4 Å². The van der Waals surface area contributed by atoms with Crippen LogP contribution in [0.3, 0.4) is 0 Å². The number of aryl methyl sites for hydroxylation is 1. The molecule has 164 valence electrons. The number of pyridine rings is 1. The molecule has 1 fully saturated rings. The molecular formula is C24H29N3O4. The van der Waals surface area contributed by atoms with Crippen molar-refractivity contribution in [2.45, 2.75) is 26.8 Å². The molecule has 2 aromatic rings. The number of benzene rings is 1. The highest BCUT2D eigenvalue weighted by Gasteiger charge is 2.46. The van der Waals surface area contributed by atoms with Crippen molar-refractivity contribution < 1.29 is 19.4 Å². The monoisotopic (exact) mass is 423 g/mol. The fourth-order valence-corrected chi connectivity index (χ4v) is 3.97. The van der Waals surface area contributed by atoms with E-state index in [1.54, 1.807) is 54.7 Å². The van der Waals surface area contributed by atoms with Crippen molar-refractivity contribution >= 4 is 17.4 Å². The van der Waals surface area contributed by atoms with Crippen molar-refractivity contribution in [3.05, 3.63) is 65.0 Å². The minimum Gasteiger partial charge on any atom is -0.507 e. The molecule has 1 aliphatic rings. The largest absolute Gasteiger partial charge is 0.507 e. The molecule has 1 amide bonds. The summed E-state index contributed by atoms with van der Waals surface area (Å²) >= 11 is 0. The van der Waals surface area contributed by atoms with Gasteiger partial charge in [0.15, 0.2) is 0 Å². The van der Waals surface area contributed by atoms with Gasteiger partial charge < -0.3 is 19.6 Å². The van der Waals surface area contributed by atoms with Crippen LogP contribution in [0, 0.1) is 6.92 Å². The number of likely N-dealkylation sites (tertiary alicyclic amines) is 1. The molecule has 31 heavy (non-hydrogen) atoms. The number of methoxy groups -OCH3 is 1. The standard InChI is InChI=1S/C24H29N3O4/c1-5-26(6-2)13-14-27-21(17-9-11-25-12-10-17)20(23(29)24(27)30)22(28)19-8-7-18(31-4)15-16(19)3/h7-12,15,21,28H,5-6,13-14H2,1-4H3/t21-/m1/s1. The predicted octanol–water partition coefficient (Wildman–Crippen LogP) is 3.16. The van der Waals surface area contributed by atoms with Crippen molar-refractivity contribution in [1.82, 2.24) is 14.8 Å². The highest BCUT2D eigenvalue weighted by molar-refractivity contribution is 6.46. The van der Waals surface area contributed by atoms with E-state index in [4.69, 9.17) is 4.74 Å². The Labute approximate surface area is 183 Å². The van der Waals surface area contributed by atoms with Crippen molar-refractivity contribution in [3.8, 4) is 5.75 Å². The van der Waals surface area contributed by atoms with Crippen LogP contribution in [0.15, 0.2) is 48.3 Å². The molecule has 1 N–H and O–H groups in total. The first-order chi connectivity index (χ1) is 14.9. The third-order valence-corrected chi connectivity index (χ3v) is 5.80. The van der Waals surface area contributed by atoms with E-state index in [9.17, 15) is 14.7 Å². The number of rotatable bonds is 8. The lowest BCUT2D eigenvalue weighted by atomic mass is 9.94. The Hall–Kier alpha value is -3.19. The van der Waals surface area contributed by atoms with E-state index >= 15 is 0 Å². The molecule has 0 spiro atoms. The van der Waals surface area contributed by atoms with Crippen molar-refractivity contribution in [2.75, 3.05) is 33.3 Å². The zero-order valence-electron chi connectivity index (χ0n) is 18.5. The first-order valence-electron chi connectivity index (χ1n) is 10.5. The SMILES string of the molecule is CCN(CC)CCN1C(=O)C(=O)C(=C(O)c2ccc(OC)cc2C)[C@H]1c1ccncc1. The molecular weight excluding hydrogens is 394 g/mol. The van der Waals surface area contributed by atoms with Crippen molar-refractivity contribution in [1.29, 1.82) is 0 Å². The number of aromatic nitrogens is 1. The minimum absolute atomic E-state index is 0.101. The van der Waals surface area contributed by atoms with Gasteiger partial charge in [0.2, 0.25) is 0 Å². The third kappa shape index (κ3) is 4.46. The van der Waals surface area contributed by atoms with Crippen molar-refractivity contribution in [3.63, 3.8) is 0 Å². The molecule has 2 heterocycles. The van der Waals surface area contributed by atoms with Crippen LogP contribution in [-0.4, -0.2) is 64.9 Å². The summed E-state index contributed by atoms with van der Waals surface area (Å²) in [4.78, 5) is 33.9. The smallest absolute Gasteiger partial charge is 0.295 e. The van der Waals surface area contributed by atoms with Gasteiger partial charge in [-0.05, 0) is 61.5 Å². The second kappa shape index (κ2) is 9.75. The maximum absolute atomic E-state index is 13.1. The average Bonchev–Trinajstić information content (AvgIpc) is 3.04. The maximum atomic E-state index is 13.1. The Morgan fingerprint density at radius 2 is 1.84 bits per heavy atom. The van der Waals surface area contributed by atoms with E-state index in [-0.39, 0.29) is 11.3 Å². The zero-order valence-corrected chi connectivity index (χ0v) is 18.5. The van der Waals surface area contributed by atoms with Gasteiger partial charge in [0.25, 0.3) is 11.7 Å². The second-order valence-electron chi connectivity index (χ2n) is 7.48. The minimum atomic E-state index is -0.672. The fraction of sp³-hybridized carbons (Fsp3) is 0.375. The Balaban J connectivity index is 2.10. The number of ketones is 1. The Kier molecular flexibility index (Phi) is 7.07. The molecule has 0 radical (unpaired) electrons. The van der Waals surface area contributed by atoms with Gasteiger partial charge in [-0.15, -0.1) is 0 Å². The normalized spacial score (nSPS) is 18.1. The van der Waals surface area contributed by atoms with Crippen LogP contribution in [0.4, 0.5) is 0 Å². The highest BCUT2D eigenvalue weighted by atomic mass is 16.5. The Bertz CT molecular complexity index is 984. The predicted molar refractivity (Wildman–Crippen MR) is 119 cm³/mol. The summed E-state index contributed by atoms with van der Waals surface area (Å²) in [6.45, 7) is 8.68. The molecule has 7 heteroatoms. The lowest BCUT2D eigenvalue weighted by Gasteiger charge is -2.28. The molecule has 0 bridgehead atoms. The molecule has 1 aromatic heterocycles. The summed E-state index contributed by atoms with van der Waals surface area (Å²) in [5.41, 5.74) is 2.09. The summed E-state index contributed by atoms with van der Waals surface area (Å²) in [6.07, 6.45) is 3.25. The van der Waals surface area contributed by atoms with Gasteiger partial charge in [0, 0.05) is 31.0 Å². The van der Waals surface area contributed by atoms with Gasteiger partial charge in [0.05, 0.1) is 18.7 Å². The molecule has 3 rings (SSSR count). The van der Waals surface area contributed by atoms with Gasteiger partial charge in [0.1, 0.15) is 11.5 Å². The number of hydrogen-bond acceptors (Lipinski definition) is 6. The molecule has 0 saturated carbocycles. The first kappa shape index (κ1) is 22.5. The van der Waals surface area contributed by atoms with Gasteiger partial charge in [-0.3, -0.25) is 14.6 Å². The summed E-state index contributed by atoms with van der Waals surface area (Å²) in [5.74, 6) is -0.791. The summed E-state index contributed by atoms with van der Waals surface area (Å²) in [6, 6.07) is 8.09. The molecule has 1 aliphatic heterocycles. The van der Waals surface area contributed by atoms with Crippen LogP contribution in [0.1, 0.15) is 36.6 Å². The Morgan fingerprint density at radius 1 is 1.16 bits per heavy atom. The summed E-state index contributed by atoms with van der Waals surface area (Å²) < 4.78 is 5.24. The average molecular weight is 424 g/mol. The molecule has 7 nitrogen and oxygen atoms in total. The highest BCUT2D eigenvalue weighted by Crippen LogP contribution is 2.39. The van der Waals surface area contributed by atoms with Crippen molar-refractivity contribution in [2.24, 2.45) is 0 Å². The molecule has 1 aromatic carbocycles. The molecule has 1 atom stereocenters. The molecule has 0 aliphatic carbocycles. The van der Waals surface area contributed by atoms with Crippen LogP contribution in [0.5, 0.6) is 5.75 Å². The summed E-state index contributed by atoms with van der Waals surface area (Å²) in [5, 5.41) is 11.2. The second-order valence-corrected chi connectivity index (χ2v) is 7.48. The topological polar surface area (TPSA) is 83.0 Å². The van der Waals surface area contributed by atoms with Crippen LogP contribution in [-0.2, 0) is 9.59 Å². The number of carbonyl (C=O) groups is 2. The van der Waals surface area contributed by atoms with Crippen LogP contribution in [0.25, 0.3) is 5.76 Å². The summed E-state index contributed by atoms with van der Waals surface area (Å²) in [7, 11) is 1.57. The van der Waals surface area contributed by atoms with Gasteiger partial charge >= 0.3 is 0 Å². The van der Waals surface area contributed by atoms with E-state index in [1.165, 1.54) is 0 Å². The number of carbonyl (C=O) groups excluding carboxylic acids is 2. The number of Topliss-reactive ketones (excluding diaryl/α,β-unsaturated/α-hetero) is 1. The molecule has 0 unspecified atom stereocenters. The van der Waals surface area contributed by atoms with E-state index in [2.05, 4.69) is 23.7 Å². The maximum Gasteiger partial charge on any atom is 0.295 e. The van der Waals surface area contributed by atoms with Crippen LogP contribution >= 0.6 is 0 Å². The number of aliphatic hydroxyl groups excluding tert-OH is 1. The van der Waals surface area contributed by atoms with E-state index in [0.717, 1.165) is 24.2 Å².